The van der Waals surface area contributed by atoms with Gasteiger partial charge in [-0.25, -0.2) is 4.79 Å². The number of carboxylic acid groups (broad SMARTS) is 1. The molecule has 0 aromatic carbocycles. The lowest BCUT2D eigenvalue weighted by atomic mass is 10.2. The number of hydrogen-bond acceptors (Lipinski definition) is 5. The second kappa shape index (κ2) is 5.82. The van der Waals surface area contributed by atoms with Crippen LogP contribution < -0.4 is 5.32 Å². The zero-order valence-electron chi connectivity index (χ0n) is 8.63. The first kappa shape index (κ1) is 12.1. The summed E-state index contributed by atoms with van der Waals surface area (Å²) in [5, 5.41) is 27.7. The molecule has 0 amide bonds. The number of carbonyl (C=O) groups is 1. The van der Waals surface area contributed by atoms with Crippen LogP contribution in [0.1, 0.15) is 16.9 Å². The topological polar surface area (TPSA) is 95.3 Å². The highest BCUT2D eigenvalue weighted by atomic mass is 16.4. The first-order valence-corrected chi connectivity index (χ1v) is 4.72. The Balaban J connectivity index is 2.66. The Morgan fingerprint density at radius 3 is 2.75 bits per heavy atom. The maximum Gasteiger partial charge on any atom is 0.356 e. The average molecular weight is 223 g/mol. The predicted octanol–water partition coefficient (Wildman–Crippen LogP) is 0.524. The molecular formula is C10H13N3O3. The fraction of sp³-hybridized carbons (Fsp3) is 0.300. The Bertz CT molecular complexity index is 364. The average Bonchev–Trinajstić information content (AvgIpc) is 2.29. The van der Waals surface area contributed by atoms with Gasteiger partial charge in [-0.1, -0.05) is 6.08 Å². The van der Waals surface area contributed by atoms with Crippen molar-refractivity contribution in [1.82, 2.24) is 10.2 Å². The van der Waals surface area contributed by atoms with Crippen molar-refractivity contribution < 1.29 is 15.0 Å². The van der Waals surface area contributed by atoms with Gasteiger partial charge < -0.3 is 15.5 Å². The van der Waals surface area contributed by atoms with E-state index < -0.39 is 5.97 Å². The van der Waals surface area contributed by atoms with Crippen molar-refractivity contribution in [1.29, 1.82) is 0 Å². The van der Waals surface area contributed by atoms with Gasteiger partial charge in [-0.05, 0) is 18.6 Å². The molecule has 0 bridgehead atoms. The van der Waals surface area contributed by atoms with E-state index in [1.54, 1.807) is 6.08 Å². The van der Waals surface area contributed by atoms with Gasteiger partial charge in [0.1, 0.15) is 5.82 Å². The Hall–Kier alpha value is -1.95. The lowest BCUT2D eigenvalue weighted by Crippen LogP contribution is -2.23. The standard InChI is InChI=1S/C10H13N3O3/c1-2-3-7(6-14)11-9-5-4-8(10(15)16)12-13-9/h2,4-5,7,14H,1,3,6H2,(H,11,13)(H,15,16). The van der Waals surface area contributed by atoms with Gasteiger partial charge in [0, 0.05) is 0 Å². The molecule has 3 N–H and O–H groups in total. The van der Waals surface area contributed by atoms with Gasteiger partial charge in [0.05, 0.1) is 12.6 Å². The van der Waals surface area contributed by atoms with Crippen LogP contribution >= 0.6 is 0 Å². The summed E-state index contributed by atoms with van der Waals surface area (Å²) in [6.45, 7) is 3.50. The highest BCUT2D eigenvalue weighted by molar-refractivity contribution is 5.85. The smallest absolute Gasteiger partial charge is 0.356 e. The number of nitrogens with zero attached hydrogens (tertiary/aromatic N) is 2. The van der Waals surface area contributed by atoms with Crippen molar-refractivity contribution in [3.63, 3.8) is 0 Å². The van der Waals surface area contributed by atoms with E-state index in [0.29, 0.717) is 12.2 Å². The molecule has 0 spiro atoms. The summed E-state index contributed by atoms with van der Waals surface area (Å²) in [5.74, 6) is -0.699. The molecule has 0 fully saturated rings. The molecule has 1 unspecified atom stereocenters. The minimum absolute atomic E-state index is 0.0611. The molecule has 0 aliphatic rings. The maximum absolute atomic E-state index is 10.5. The first-order valence-electron chi connectivity index (χ1n) is 4.72. The molecule has 6 nitrogen and oxygen atoms in total. The molecule has 1 aromatic rings. The number of aromatic nitrogens is 2. The van der Waals surface area contributed by atoms with Gasteiger partial charge in [-0.2, -0.15) is 0 Å². The SMILES string of the molecule is C=CCC(CO)Nc1ccc(C(=O)O)nn1. The number of rotatable bonds is 6. The van der Waals surface area contributed by atoms with Gasteiger partial charge in [0.15, 0.2) is 5.69 Å². The predicted molar refractivity (Wildman–Crippen MR) is 58.3 cm³/mol. The lowest BCUT2D eigenvalue weighted by molar-refractivity contribution is 0.0689. The number of anilines is 1. The number of nitrogens with one attached hydrogen (secondary N) is 1. The van der Waals surface area contributed by atoms with E-state index in [2.05, 4.69) is 22.1 Å². The van der Waals surface area contributed by atoms with E-state index in [1.807, 2.05) is 0 Å². The van der Waals surface area contributed by atoms with Crippen molar-refractivity contribution in [2.24, 2.45) is 0 Å². The van der Waals surface area contributed by atoms with Crippen LogP contribution in [-0.4, -0.2) is 39.0 Å². The normalized spacial score (nSPS) is 11.8. The molecule has 0 saturated carbocycles. The molecule has 0 radical (unpaired) electrons. The van der Waals surface area contributed by atoms with Crippen LogP contribution in [-0.2, 0) is 0 Å². The van der Waals surface area contributed by atoms with Gasteiger partial charge in [-0.3, -0.25) is 0 Å². The summed E-state index contributed by atoms with van der Waals surface area (Å²) in [6, 6.07) is 2.66. The molecule has 0 aliphatic carbocycles. The quantitative estimate of drug-likeness (QED) is 0.609. The Morgan fingerprint density at radius 1 is 1.56 bits per heavy atom. The van der Waals surface area contributed by atoms with Crippen LogP contribution in [0.15, 0.2) is 24.8 Å². The second-order valence-corrected chi connectivity index (χ2v) is 3.16. The Labute approximate surface area is 92.6 Å². The van der Waals surface area contributed by atoms with Crippen LogP contribution in [0.4, 0.5) is 5.82 Å². The zero-order chi connectivity index (χ0) is 12.0. The molecular weight excluding hydrogens is 210 g/mol. The number of carboxylic acids is 1. The summed E-state index contributed by atoms with van der Waals surface area (Å²) in [5.41, 5.74) is -0.116. The minimum Gasteiger partial charge on any atom is -0.476 e. The summed E-state index contributed by atoms with van der Waals surface area (Å²) in [7, 11) is 0. The van der Waals surface area contributed by atoms with Gasteiger partial charge >= 0.3 is 5.97 Å². The molecule has 86 valence electrons. The Morgan fingerprint density at radius 2 is 2.31 bits per heavy atom. The fourth-order valence-electron chi connectivity index (χ4n) is 1.11. The first-order chi connectivity index (χ1) is 7.67. The molecule has 16 heavy (non-hydrogen) atoms. The zero-order valence-corrected chi connectivity index (χ0v) is 8.63. The van der Waals surface area contributed by atoms with Gasteiger partial charge in [0.25, 0.3) is 0 Å². The third kappa shape index (κ3) is 3.32. The third-order valence-corrected chi connectivity index (χ3v) is 1.91. The van der Waals surface area contributed by atoms with Gasteiger partial charge in [-0.15, -0.1) is 16.8 Å². The summed E-state index contributed by atoms with van der Waals surface area (Å²) >= 11 is 0. The molecule has 1 aromatic heterocycles. The maximum atomic E-state index is 10.5. The van der Waals surface area contributed by atoms with Crippen molar-refractivity contribution in [3.8, 4) is 0 Å². The number of aromatic carboxylic acids is 1. The van der Waals surface area contributed by atoms with Crippen molar-refractivity contribution in [2.75, 3.05) is 11.9 Å². The monoisotopic (exact) mass is 223 g/mol. The van der Waals surface area contributed by atoms with Crippen molar-refractivity contribution >= 4 is 11.8 Å². The highest BCUT2D eigenvalue weighted by Gasteiger charge is 2.08. The number of aliphatic hydroxyl groups is 1. The van der Waals surface area contributed by atoms with Crippen LogP contribution in [0.3, 0.4) is 0 Å². The van der Waals surface area contributed by atoms with Crippen LogP contribution in [0.25, 0.3) is 0 Å². The van der Waals surface area contributed by atoms with Gasteiger partial charge in [0.2, 0.25) is 0 Å². The van der Waals surface area contributed by atoms with E-state index in [0.717, 1.165) is 0 Å². The molecule has 0 saturated heterocycles. The van der Waals surface area contributed by atoms with Crippen molar-refractivity contribution in [3.05, 3.63) is 30.5 Å². The minimum atomic E-state index is -1.12. The molecule has 1 atom stereocenters. The molecule has 1 rings (SSSR count). The third-order valence-electron chi connectivity index (χ3n) is 1.91. The summed E-state index contributed by atoms with van der Waals surface area (Å²) in [6.07, 6.45) is 2.26. The van der Waals surface area contributed by atoms with E-state index in [-0.39, 0.29) is 18.3 Å². The van der Waals surface area contributed by atoms with Crippen molar-refractivity contribution in [2.45, 2.75) is 12.5 Å². The van der Waals surface area contributed by atoms with Crippen LogP contribution in [0.2, 0.25) is 0 Å². The Kier molecular flexibility index (Phi) is 4.41. The molecule has 6 heteroatoms. The van der Waals surface area contributed by atoms with Crippen LogP contribution in [0.5, 0.6) is 0 Å². The summed E-state index contributed by atoms with van der Waals surface area (Å²) < 4.78 is 0. The summed E-state index contributed by atoms with van der Waals surface area (Å²) in [4.78, 5) is 10.5. The largest absolute Gasteiger partial charge is 0.476 e. The van der Waals surface area contributed by atoms with E-state index >= 15 is 0 Å². The number of aliphatic hydroxyl groups excluding tert-OH is 1. The second-order valence-electron chi connectivity index (χ2n) is 3.16. The lowest BCUT2D eigenvalue weighted by Gasteiger charge is -2.14. The van der Waals surface area contributed by atoms with E-state index in [9.17, 15) is 4.79 Å². The van der Waals surface area contributed by atoms with E-state index in [4.69, 9.17) is 10.2 Å². The highest BCUT2D eigenvalue weighted by Crippen LogP contribution is 2.06. The fourth-order valence-corrected chi connectivity index (χ4v) is 1.11. The molecule has 1 heterocycles. The van der Waals surface area contributed by atoms with E-state index in [1.165, 1.54) is 12.1 Å². The molecule has 0 aliphatic heterocycles. The van der Waals surface area contributed by atoms with Crippen LogP contribution in [0, 0.1) is 0 Å². The number of hydrogen-bond donors (Lipinski definition) is 3.